The molecule has 1 aliphatic heterocycles. The van der Waals surface area contributed by atoms with Gasteiger partial charge in [0, 0.05) is 0 Å². The van der Waals surface area contributed by atoms with E-state index in [0.29, 0.717) is 5.41 Å². The third-order valence-corrected chi connectivity index (χ3v) is 6.90. The maximum Gasteiger partial charge on any atom is 0.308 e. The number of aliphatic carboxylic acids is 1. The van der Waals surface area contributed by atoms with E-state index in [1.165, 1.54) is 31.3 Å². The molecule has 0 radical (unpaired) electrons. The van der Waals surface area contributed by atoms with Crippen LogP contribution in [0.15, 0.2) is 22.8 Å². The molecule has 1 fully saturated rings. The second kappa shape index (κ2) is 9.58. The number of carbonyl (C=O) groups is 1. The maximum absolute atomic E-state index is 11.1. The summed E-state index contributed by atoms with van der Waals surface area (Å²) in [6.45, 7) is 13.1. The molecule has 1 N–H and O–H groups in total. The minimum absolute atomic E-state index is 0.323. The molecule has 28 heavy (non-hydrogen) atoms. The molecule has 0 aromatic heterocycles. The molecule has 0 unspecified atom stereocenters. The van der Waals surface area contributed by atoms with Crippen molar-refractivity contribution in [2.45, 2.75) is 111 Å². The van der Waals surface area contributed by atoms with Crippen LogP contribution < -0.4 is 0 Å². The number of allylic oxidation sites excluding steroid dienone is 4. The second-order valence-electron chi connectivity index (χ2n) is 9.92. The Morgan fingerprint density at radius 3 is 2.61 bits per heavy atom. The van der Waals surface area contributed by atoms with Crippen LogP contribution in [-0.2, 0) is 14.6 Å². The molecule has 0 spiro atoms. The van der Waals surface area contributed by atoms with Gasteiger partial charge in [-0.15, -0.1) is 0 Å². The summed E-state index contributed by atoms with van der Waals surface area (Å²) in [7, 11) is 0. The van der Waals surface area contributed by atoms with Crippen LogP contribution in [0.3, 0.4) is 0 Å². The number of carboxylic acids is 1. The lowest BCUT2D eigenvalue weighted by atomic mass is 9.71. The summed E-state index contributed by atoms with van der Waals surface area (Å²) in [5.41, 5.74) is 4.75. The molecule has 0 amide bonds. The van der Waals surface area contributed by atoms with E-state index in [9.17, 15) is 4.79 Å². The van der Waals surface area contributed by atoms with E-state index in [-0.39, 0.29) is 11.7 Å². The molecular weight excluding hydrogens is 352 g/mol. The van der Waals surface area contributed by atoms with Crippen molar-refractivity contribution in [3.8, 4) is 0 Å². The SMILES string of the molecule is CC1=C(CC/C(C)=C/CC[C@]2(C)CC[C@@H]([C@H](C)C(=O)O)OO2)C(C)(C)CCC1. The third-order valence-electron chi connectivity index (χ3n) is 6.90. The van der Waals surface area contributed by atoms with E-state index < -0.39 is 11.9 Å². The Morgan fingerprint density at radius 2 is 2.04 bits per heavy atom. The van der Waals surface area contributed by atoms with E-state index in [4.69, 9.17) is 14.9 Å². The largest absolute Gasteiger partial charge is 0.481 e. The summed E-state index contributed by atoms with van der Waals surface area (Å²) in [5.74, 6) is -1.37. The fourth-order valence-corrected chi connectivity index (χ4v) is 4.65. The quantitative estimate of drug-likeness (QED) is 0.373. The minimum atomic E-state index is -0.831. The molecule has 0 aromatic rings. The van der Waals surface area contributed by atoms with E-state index in [1.54, 1.807) is 18.1 Å². The van der Waals surface area contributed by atoms with Crippen molar-refractivity contribution in [2.24, 2.45) is 11.3 Å². The van der Waals surface area contributed by atoms with Gasteiger partial charge in [-0.25, -0.2) is 9.78 Å². The van der Waals surface area contributed by atoms with Gasteiger partial charge in [-0.1, -0.05) is 36.6 Å². The van der Waals surface area contributed by atoms with E-state index in [2.05, 4.69) is 40.7 Å². The average molecular weight is 393 g/mol. The van der Waals surface area contributed by atoms with Crippen LogP contribution in [-0.4, -0.2) is 22.8 Å². The summed E-state index contributed by atoms with van der Waals surface area (Å²) in [5, 5.41) is 9.11. The summed E-state index contributed by atoms with van der Waals surface area (Å²) in [4.78, 5) is 22.2. The molecule has 160 valence electrons. The van der Waals surface area contributed by atoms with Crippen LogP contribution in [0.4, 0.5) is 0 Å². The predicted molar refractivity (Wildman–Crippen MR) is 113 cm³/mol. The minimum Gasteiger partial charge on any atom is -0.481 e. The average Bonchev–Trinajstić information content (AvgIpc) is 2.60. The Labute approximate surface area is 171 Å². The molecule has 0 saturated carbocycles. The zero-order valence-corrected chi connectivity index (χ0v) is 18.8. The Bertz CT molecular complexity index is 606. The van der Waals surface area contributed by atoms with E-state index >= 15 is 0 Å². The van der Waals surface area contributed by atoms with Crippen LogP contribution in [0.25, 0.3) is 0 Å². The number of hydrogen-bond donors (Lipinski definition) is 1. The van der Waals surface area contributed by atoms with Crippen LogP contribution in [0.1, 0.15) is 99.3 Å². The smallest absolute Gasteiger partial charge is 0.308 e. The number of carboxylic acid groups (broad SMARTS) is 1. The van der Waals surface area contributed by atoms with Gasteiger partial charge in [0.2, 0.25) is 0 Å². The van der Waals surface area contributed by atoms with Crippen LogP contribution in [0.5, 0.6) is 0 Å². The van der Waals surface area contributed by atoms with Gasteiger partial charge in [0.05, 0.1) is 5.92 Å². The molecule has 0 bridgehead atoms. The highest BCUT2D eigenvalue weighted by Crippen LogP contribution is 2.42. The van der Waals surface area contributed by atoms with Crippen molar-refractivity contribution < 1.29 is 19.7 Å². The lowest BCUT2D eigenvalue weighted by Gasteiger charge is -2.37. The Morgan fingerprint density at radius 1 is 1.32 bits per heavy atom. The third kappa shape index (κ3) is 6.18. The van der Waals surface area contributed by atoms with Crippen molar-refractivity contribution in [3.63, 3.8) is 0 Å². The number of rotatable bonds is 8. The molecule has 1 aliphatic carbocycles. The molecule has 4 heteroatoms. The van der Waals surface area contributed by atoms with Gasteiger partial charge in [0.25, 0.3) is 0 Å². The zero-order valence-electron chi connectivity index (χ0n) is 18.8. The maximum atomic E-state index is 11.1. The first-order chi connectivity index (χ1) is 13.0. The standard InChI is InChI=1S/C24H40O4/c1-17(11-12-20-18(2)10-8-14-23(20,4)5)9-7-15-24(6)16-13-21(27-28-24)19(3)22(25)26/h9,19,21H,7-8,10-16H2,1-6H3,(H,25,26)/b17-9+/t19-,21-,24+/m0/s1. The fourth-order valence-electron chi connectivity index (χ4n) is 4.65. The summed E-state index contributed by atoms with van der Waals surface area (Å²) >= 11 is 0. The van der Waals surface area contributed by atoms with Crippen molar-refractivity contribution in [2.75, 3.05) is 0 Å². The van der Waals surface area contributed by atoms with Crippen molar-refractivity contribution in [3.05, 3.63) is 22.8 Å². The second-order valence-corrected chi connectivity index (χ2v) is 9.92. The van der Waals surface area contributed by atoms with Gasteiger partial charge >= 0.3 is 5.97 Å². The molecule has 2 rings (SSSR count). The fraction of sp³-hybridized carbons (Fsp3) is 0.792. The first kappa shape index (κ1) is 23.2. The van der Waals surface area contributed by atoms with Crippen molar-refractivity contribution in [1.82, 2.24) is 0 Å². The number of hydrogen-bond acceptors (Lipinski definition) is 3. The Kier molecular flexibility index (Phi) is 7.92. The van der Waals surface area contributed by atoms with Gasteiger partial charge in [-0.05, 0) is 90.9 Å². The van der Waals surface area contributed by atoms with Gasteiger partial charge in [-0.3, -0.25) is 4.79 Å². The van der Waals surface area contributed by atoms with Crippen molar-refractivity contribution in [1.29, 1.82) is 0 Å². The molecular formula is C24H40O4. The van der Waals surface area contributed by atoms with Crippen LogP contribution >= 0.6 is 0 Å². The van der Waals surface area contributed by atoms with E-state index in [0.717, 1.165) is 32.1 Å². The van der Waals surface area contributed by atoms with E-state index in [1.807, 2.05) is 0 Å². The normalized spacial score (nSPS) is 29.6. The highest BCUT2D eigenvalue weighted by atomic mass is 17.2. The van der Waals surface area contributed by atoms with Crippen molar-refractivity contribution >= 4 is 5.97 Å². The van der Waals surface area contributed by atoms with Gasteiger partial charge in [0.15, 0.2) is 0 Å². The first-order valence-electron chi connectivity index (χ1n) is 11.0. The molecule has 3 atom stereocenters. The lowest BCUT2D eigenvalue weighted by molar-refractivity contribution is -0.411. The molecule has 4 nitrogen and oxygen atoms in total. The Balaban J connectivity index is 1.79. The predicted octanol–water partition coefficient (Wildman–Crippen LogP) is 6.61. The van der Waals surface area contributed by atoms with Gasteiger partial charge in [-0.2, -0.15) is 0 Å². The summed E-state index contributed by atoms with van der Waals surface area (Å²) in [6, 6.07) is 0. The molecule has 2 aliphatic rings. The lowest BCUT2D eigenvalue weighted by Crippen LogP contribution is -2.41. The molecule has 1 saturated heterocycles. The Hall–Kier alpha value is -1.13. The highest BCUT2D eigenvalue weighted by Gasteiger charge is 2.37. The monoisotopic (exact) mass is 392 g/mol. The van der Waals surface area contributed by atoms with Gasteiger partial charge in [0.1, 0.15) is 11.7 Å². The highest BCUT2D eigenvalue weighted by molar-refractivity contribution is 5.70. The summed E-state index contributed by atoms with van der Waals surface area (Å²) < 4.78 is 0. The van der Waals surface area contributed by atoms with Crippen LogP contribution in [0.2, 0.25) is 0 Å². The molecule has 1 heterocycles. The topological polar surface area (TPSA) is 55.8 Å². The van der Waals surface area contributed by atoms with Crippen LogP contribution in [0, 0.1) is 11.3 Å². The first-order valence-corrected chi connectivity index (χ1v) is 11.0. The zero-order chi connectivity index (χ0) is 20.9. The molecule has 0 aromatic carbocycles. The summed E-state index contributed by atoms with van der Waals surface area (Å²) in [6.07, 6.45) is 11.6. The van der Waals surface area contributed by atoms with Gasteiger partial charge < -0.3 is 5.11 Å².